The number of alkyl halides is 3. The molecular formula is C31H32F3N8O3+. The molecule has 4 aromatic rings. The molecule has 1 fully saturated rings. The van der Waals surface area contributed by atoms with Gasteiger partial charge in [-0.2, -0.15) is 23.5 Å². The summed E-state index contributed by atoms with van der Waals surface area (Å²) in [5, 5.41) is 16.2. The first-order valence-corrected chi connectivity index (χ1v) is 14.2. The Hall–Kier alpha value is -5.16. The van der Waals surface area contributed by atoms with Gasteiger partial charge in [-0.25, -0.2) is 18.8 Å². The summed E-state index contributed by atoms with van der Waals surface area (Å²) in [5.74, 6) is -0.311. The first kappa shape index (κ1) is 31.3. The third kappa shape index (κ3) is 6.12. The number of nitriles is 1. The van der Waals surface area contributed by atoms with Crippen molar-refractivity contribution < 1.29 is 27.2 Å². The van der Waals surface area contributed by atoms with Crippen LogP contribution in [0.2, 0.25) is 0 Å². The van der Waals surface area contributed by atoms with E-state index in [1.807, 2.05) is 6.07 Å². The van der Waals surface area contributed by atoms with E-state index in [0.29, 0.717) is 24.3 Å². The largest absolute Gasteiger partial charge is 0.416 e. The van der Waals surface area contributed by atoms with Gasteiger partial charge in [0.25, 0.3) is 0 Å². The van der Waals surface area contributed by atoms with Crippen LogP contribution in [0.25, 0.3) is 22.8 Å². The number of halogens is 3. The molecule has 1 aliphatic rings. The average molecular weight is 622 g/mol. The molecule has 1 atom stereocenters. The summed E-state index contributed by atoms with van der Waals surface area (Å²) in [4.78, 5) is 42.8. The highest BCUT2D eigenvalue weighted by molar-refractivity contribution is 5.89. The molecule has 14 heteroatoms. The van der Waals surface area contributed by atoms with Crippen molar-refractivity contribution in [2.45, 2.75) is 26.1 Å². The Kier molecular flexibility index (Phi) is 8.15. The number of likely N-dealkylation sites (N-methyl/N-ethyl adjacent to an activating group) is 1. The van der Waals surface area contributed by atoms with Crippen LogP contribution < -0.4 is 11.0 Å². The first-order chi connectivity index (χ1) is 21.2. The summed E-state index contributed by atoms with van der Waals surface area (Å²) in [6.07, 6.45) is -3.22. The van der Waals surface area contributed by atoms with Crippen LogP contribution in [0.15, 0.2) is 65.6 Å². The van der Waals surface area contributed by atoms with Gasteiger partial charge in [-0.05, 0) is 62.4 Å². The fourth-order valence-corrected chi connectivity index (χ4v) is 5.40. The molecule has 0 radical (unpaired) electrons. The van der Waals surface area contributed by atoms with Crippen LogP contribution in [0.1, 0.15) is 23.7 Å². The van der Waals surface area contributed by atoms with Crippen molar-refractivity contribution in [3.05, 3.63) is 88.1 Å². The van der Waals surface area contributed by atoms with Crippen molar-refractivity contribution >= 4 is 11.9 Å². The second-order valence-corrected chi connectivity index (χ2v) is 11.6. The maximum Gasteiger partial charge on any atom is 0.416 e. The number of aromatic nitrogens is 4. The number of amides is 2. The molecule has 234 valence electrons. The van der Waals surface area contributed by atoms with Gasteiger partial charge in [-0.3, -0.25) is 9.36 Å². The molecule has 11 nitrogen and oxygen atoms in total. The number of carbonyl (C=O) groups excluding carboxylic acids is 2. The summed E-state index contributed by atoms with van der Waals surface area (Å²) in [5.41, 5.74) is -0.555. The van der Waals surface area contributed by atoms with Gasteiger partial charge in [-0.1, -0.05) is 6.07 Å². The van der Waals surface area contributed by atoms with E-state index in [4.69, 9.17) is 0 Å². The Labute approximate surface area is 256 Å². The summed E-state index contributed by atoms with van der Waals surface area (Å²) in [7, 11) is 4.14. The van der Waals surface area contributed by atoms with Crippen LogP contribution >= 0.6 is 0 Å². The standard InChI is InChI=1S/C31H31F3N8O3/c1-20(28(43)38-14-16-42(3,4)17-15-38)37-29(44)40-27(26-12-13-36-41(26)24-10-8-22(19-35)9-11-24)21(2)39(30(40)45)25-7-5-6-23(18-25)31(32,33)34/h5-13,18,20H,14-17H2,1-4H3/p+1/t20-/m0/s1. The fraction of sp³-hybridized carbons (Fsp3) is 0.323. The molecule has 2 amide bonds. The van der Waals surface area contributed by atoms with Crippen molar-refractivity contribution in [3.8, 4) is 28.8 Å². The lowest BCUT2D eigenvalue weighted by Gasteiger charge is -2.39. The van der Waals surface area contributed by atoms with Crippen molar-refractivity contribution in [3.63, 3.8) is 0 Å². The lowest BCUT2D eigenvalue weighted by molar-refractivity contribution is -0.894. The molecule has 5 rings (SSSR count). The van der Waals surface area contributed by atoms with Crippen molar-refractivity contribution in [1.82, 2.24) is 29.1 Å². The van der Waals surface area contributed by atoms with Crippen molar-refractivity contribution in [2.24, 2.45) is 0 Å². The quantitative estimate of drug-likeness (QED) is 0.342. The normalized spacial score (nSPS) is 15.4. The first-order valence-electron chi connectivity index (χ1n) is 14.2. The number of quaternary nitrogens is 1. The molecule has 0 unspecified atom stereocenters. The van der Waals surface area contributed by atoms with Gasteiger partial charge < -0.3 is 14.7 Å². The summed E-state index contributed by atoms with van der Waals surface area (Å²) in [6.45, 7) is 5.54. The molecular weight excluding hydrogens is 589 g/mol. The molecule has 45 heavy (non-hydrogen) atoms. The molecule has 2 aromatic heterocycles. The fourth-order valence-electron chi connectivity index (χ4n) is 5.40. The second kappa shape index (κ2) is 11.7. The molecule has 2 aromatic carbocycles. The second-order valence-electron chi connectivity index (χ2n) is 11.6. The highest BCUT2D eigenvalue weighted by Crippen LogP contribution is 2.32. The Bertz CT molecular complexity index is 1850. The highest BCUT2D eigenvalue weighted by atomic mass is 19.4. The number of nitrogens with one attached hydrogen (secondary N) is 1. The molecule has 1 aliphatic heterocycles. The Morgan fingerprint density at radius 2 is 1.71 bits per heavy atom. The predicted molar refractivity (Wildman–Crippen MR) is 159 cm³/mol. The minimum absolute atomic E-state index is 0.0634. The zero-order valence-electron chi connectivity index (χ0n) is 25.2. The van der Waals surface area contributed by atoms with E-state index >= 15 is 0 Å². The predicted octanol–water partition coefficient (Wildman–Crippen LogP) is 3.56. The number of hydrogen-bond donors (Lipinski definition) is 1. The number of rotatable bonds is 5. The Balaban J connectivity index is 1.60. The van der Waals surface area contributed by atoms with Crippen LogP contribution in [0.5, 0.6) is 0 Å². The maximum atomic E-state index is 14.0. The Morgan fingerprint density at radius 3 is 2.33 bits per heavy atom. The molecule has 0 bridgehead atoms. The maximum absolute atomic E-state index is 14.0. The summed E-state index contributed by atoms with van der Waals surface area (Å²) >= 11 is 0. The van der Waals surface area contributed by atoms with E-state index < -0.39 is 29.5 Å². The van der Waals surface area contributed by atoms with E-state index in [-0.39, 0.29) is 28.7 Å². The van der Waals surface area contributed by atoms with Gasteiger partial charge in [0.1, 0.15) is 11.7 Å². The van der Waals surface area contributed by atoms with E-state index in [0.717, 1.165) is 38.8 Å². The minimum Gasteiger partial charge on any atom is -0.330 e. The van der Waals surface area contributed by atoms with Gasteiger partial charge in [0.15, 0.2) is 0 Å². The molecule has 1 N–H and O–H groups in total. The number of nitrogens with zero attached hydrogens (tertiary/aromatic N) is 7. The van der Waals surface area contributed by atoms with Gasteiger partial charge in [0.2, 0.25) is 5.91 Å². The topological polar surface area (TPSA) is 118 Å². The lowest BCUT2D eigenvalue weighted by atomic mass is 10.2. The van der Waals surface area contributed by atoms with Gasteiger partial charge in [0, 0.05) is 0 Å². The van der Waals surface area contributed by atoms with E-state index in [9.17, 15) is 32.8 Å². The zero-order valence-corrected chi connectivity index (χ0v) is 25.2. The van der Waals surface area contributed by atoms with E-state index in [1.54, 1.807) is 35.2 Å². The van der Waals surface area contributed by atoms with E-state index in [2.05, 4.69) is 24.5 Å². The zero-order chi connectivity index (χ0) is 32.7. The summed E-state index contributed by atoms with van der Waals surface area (Å²) in [6, 6.07) is 12.4. The van der Waals surface area contributed by atoms with Gasteiger partial charge >= 0.3 is 17.9 Å². The number of carbonyl (C=O) groups is 2. The van der Waals surface area contributed by atoms with Crippen LogP contribution in [-0.2, 0) is 11.0 Å². The Morgan fingerprint density at radius 1 is 1.04 bits per heavy atom. The molecule has 0 spiro atoms. The minimum atomic E-state index is -4.66. The van der Waals surface area contributed by atoms with Crippen LogP contribution in [0, 0.1) is 18.3 Å². The molecule has 0 aliphatic carbocycles. The SMILES string of the molecule is Cc1c(-c2ccnn2-c2ccc(C#N)cc2)n(C(=O)N[C@@H](C)C(=O)N2CC[N+](C)(C)CC2)c(=O)n1-c1cccc(C(F)(F)F)c1. The van der Waals surface area contributed by atoms with Gasteiger partial charge in [0.05, 0.1) is 86.4 Å². The number of piperazine rings is 1. The third-order valence-corrected chi connectivity index (χ3v) is 8.02. The van der Waals surface area contributed by atoms with Crippen LogP contribution in [0.3, 0.4) is 0 Å². The van der Waals surface area contributed by atoms with Crippen molar-refractivity contribution in [1.29, 1.82) is 5.26 Å². The number of imidazole rings is 1. The van der Waals surface area contributed by atoms with Crippen LogP contribution in [-0.4, -0.2) is 86.6 Å². The molecule has 0 saturated carbocycles. The monoisotopic (exact) mass is 621 g/mol. The smallest absolute Gasteiger partial charge is 0.330 e. The average Bonchev–Trinajstić information content (AvgIpc) is 3.58. The van der Waals surface area contributed by atoms with Gasteiger partial charge in [-0.15, -0.1) is 0 Å². The highest BCUT2D eigenvalue weighted by Gasteiger charge is 2.34. The van der Waals surface area contributed by atoms with Crippen LogP contribution in [0.4, 0.5) is 18.0 Å². The lowest BCUT2D eigenvalue weighted by Crippen LogP contribution is -2.59. The number of benzene rings is 2. The van der Waals surface area contributed by atoms with Crippen molar-refractivity contribution in [2.75, 3.05) is 40.3 Å². The number of hydrogen-bond acceptors (Lipinski definition) is 5. The third-order valence-electron chi connectivity index (χ3n) is 8.02. The molecule has 3 heterocycles. The summed E-state index contributed by atoms with van der Waals surface area (Å²) < 4.78 is 44.9. The van der Waals surface area contributed by atoms with E-state index in [1.165, 1.54) is 36.9 Å². The molecule has 1 saturated heterocycles.